The molecule has 0 radical (unpaired) electrons. The first-order valence-corrected chi connectivity index (χ1v) is 11.4. The van der Waals surface area contributed by atoms with Crippen LogP contribution >= 0.6 is 23.1 Å². The predicted octanol–water partition coefficient (Wildman–Crippen LogP) is 4.41. The van der Waals surface area contributed by atoms with Crippen molar-refractivity contribution >= 4 is 40.0 Å². The van der Waals surface area contributed by atoms with Crippen molar-refractivity contribution in [3.63, 3.8) is 0 Å². The van der Waals surface area contributed by atoms with Crippen molar-refractivity contribution in [3.05, 3.63) is 46.3 Å². The van der Waals surface area contributed by atoms with E-state index in [-0.39, 0.29) is 11.7 Å². The molecule has 3 aromatic rings. The van der Waals surface area contributed by atoms with Gasteiger partial charge in [-0.25, -0.2) is 4.79 Å². The molecule has 0 bridgehead atoms. The Morgan fingerprint density at radius 2 is 1.93 bits per heavy atom. The summed E-state index contributed by atoms with van der Waals surface area (Å²) in [7, 11) is 1.33. The van der Waals surface area contributed by atoms with Crippen molar-refractivity contribution in [2.45, 2.75) is 38.9 Å². The van der Waals surface area contributed by atoms with Gasteiger partial charge in [-0.3, -0.25) is 4.79 Å². The minimum Gasteiger partial charge on any atom is -0.465 e. The van der Waals surface area contributed by atoms with Crippen LogP contribution in [-0.4, -0.2) is 39.5 Å². The van der Waals surface area contributed by atoms with Gasteiger partial charge in [0.05, 0.1) is 18.4 Å². The molecule has 0 fully saturated rings. The second-order valence-corrected chi connectivity index (χ2v) is 8.63. The second kappa shape index (κ2) is 9.90. The third-order valence-corrected chi connectivity index (χ3v) is 6.63. The normalized spacial score (nSPS) is 10.8. The van der Waals surface area contributed by atoms with Crippen molar-refractivity contribution in [1.29, 1.82) is 0 Å². The second-order valence-electron chi connectivity index (χ2n) is 6.55. The molecule has 7 nitrogen and oxygen atoms in total. The number of rotatable bonds is 8. The van der Waals surface area contributed by atoms with E-state index in [2.05, 4.69) is 15.5 Å². The Kier molecular flexibility index (Phi) is 7.28. The van der Waals surface area contributed by atoms with E-state index < -0.39 is 5.97 Å². The van der Waals surface area contributed by atoms with E-state index in [4.69, 9.17) is 4.74 Å². The molecule has 0 aliphatic rings. The highest BCUT2D eigenvalue weighted by Gasteiger charge is 2.19. The number of esters is 1. The summed E-state index contributed by atoms with van der Waals surface area (Å²) in [6.45, 7) is 6.75. The molecule has 1 amide bonds. The Morgan fingerprint density at radius 1 is 1.20 bits per heavy atom. The maximum Gasteiger partial charge on any atom is 0.340 e. The van der Waals surface area contributed by atoms with Crippen LogP contribution in [0.25, 0.3) is 11.4 Å². The molecular weight excluding hydrogens is 420 g/mol. The Bertz CT molecular complexity index is 1040. The number of nitrogens with one attached hydrogen (secondary N) is 1. The number of ether oxygens (including phenoxy) is 1. The van der Waals surface area contributed by atoms with Gasteiger partial charge in [0, 0.05) is 17.0 Å². The van der Waals surface area contributed by atoms with Crippen LogP contribution in [0, 0.1) is 6.92 Å². The molecule has 1 N–H and O–H groups in total. The van der Waals surface area contributed by atoms with E-state index in [1.165, 1.54) is 35.8 Å². The van der Waals surface area contributed by atoms with Gasteiger partial charge in [-0.15, -0.1) is 21.5 Å². The van der Waals surface area contributed by atoms with Crippen LogP contribution in [0.3, 0.4) is 0 Å². The van der Waals surface area contributed by atoms with Crippen LogP contribution in [0.2, 0.25) is 0 Å². The van der Waals surface area contributed by atoms with Crippen molar-refractivity contribution in [3.8, 4) is 11.4 Å². The van der Waals surface area contributed by atoms with Gasteiger partial charge in [-0.1, -0.05) is 48.5 Å². The van der Waals surface area contributed by atoms with Gasteiger partial charge in [0.1, 0.15) is 5.00 Å². The number of nitrogens with zero attached hydrogens (tertiary/aromatic N) is 3. The largest absolute Gasteiger partial charge is 0.465 e. The maximum atomic E-state index is 12.5. The number of hydrogen-bond acceptors (Lipinski definition) is 7. The summed E-state index contributed by atoms with van der Waals surface area (Å²) in [5.74, 6) is 0.269. The summed E-state index contributed by atoms with van der Waals surface area (Å²) >= 11 is 2.70. The van der Waals surface area contributed by atoms with Crippen molar-refractivity contribution in [1.82, 2.24) is 14.8 Å². The van der Waals surface area contributed by atoms with E-state index in [1.807, 2.05) is 49.6 Å². The minimum atomic E-state index is -0.456. The number of carbonyl (C=O) groups excluding carboxylic acids is 2. The SMILES string of the molecule is CCc1cc(C(=O)OC)c(NC(=O)CSc2nnc(-c3ccc(C)cc3)n2CC)s1. The molecule has 3 rings (SSSR count). The number of amides is 1. The Hall–Kier alpha value is -2.65. The molecule has 2 aromatic heterocycles. The first-order valence-electron chi connectivity index (χ1n) is 9.60. The summed E-state index contributed by atoms with van der Waals surface area (Å²) < 4.78 is 6.81. The number of thioether (sulfide) groups is 1. The van der Waals surface area contributed by atoms with Crippen LogP contribution in [0.15, 0.2) is 35.5 Å². The summed E-state index contributed by atoms with van der Waals surface area (Å²) in [6, 6.07) is 9.87. The molecule has 0 spiro atoms. The van der Waals surface area contributed by atoms with Crippen molar-refractivity contribution in [2.75, 3.05) is 18.2 Å². The zero-order valence-corrected chi connectivity index (χ0v) is 19.0. The molecule has 0 aliphatic heterocycles. The molecule has 0 saturated carbocycles. The van der Waals surface area contributed by atoms with Crippen LogP contribution in [0.1, 0.15) is 34.6 Å². The molecule has 2 heterocycles. The monoisotopic (exact) mass is 444 g/mol. The lowest BCUT2D eigenvalue weighted by molar-refractivity contribution is -0.113. The fourth-order valence-corrected chi connectivity index (χ4v) is 4.66. The third-order valence-electron chi connectivity index (χ3n) is 4.47. The highest BCUT2D eigenvalue weighted by atomic mass is 32.2. The number of aryl methyl sites for hydroxylation is 2. The Balaban J connectivity index is 1.70. The summed E-state index contributed by atoms with van der Waals surface area (Å²) in [6.07, 6.45) is 0.778. The van der Waals surface area contributed by atoms with Gasteiger partial charge in [-0.2, -0.15) is 0 Å². The highest BCUT2D eigenvalue weighted by molar-refractivity contribution is 7.99. The Labute approximate surface area is 183 Å². The van der Waals surface area contributed by atoms with Gasteiger partial charge < -0.3 is 14.6 Å². The number of aromatic nitrogens is 3. The van der Waals surface area contributed by atoms with Gasteiger partial charge in [-0.05, 0) is 26.3 Å². The van der Waals surface area contributed by atoms with E-state index in [0.29, 0.717) is 22.3 Å². The molecule has 158 valence electrons. The molecule has 30 heavy (non-hydrogen) atoms. The maximum absolute atomic E-state index is 12.5. The standard InChI is InChI=1S/C21H24N4O3S2/c1-5-15-11-16(20(27)28-4)19(30-15)22-17(26)12-29-21-24-23-18(25(21)6-2)14-9-7-13(3)8-10-14/h7-11H,5-6,12H2,1-4H3,(H,22,26). The zero-order chi connectivity index (χ0) is 21.7. The molecule has 0 atom stereocenters. The number of thiophene rings is 1. The number of hydrogen-bond donors (Lipinski definition) is 1. The lowest BCUT2D eigenvalue weighted by Crippen LogP contribution is -2.16. The molecule has 0 saturated heterocycles. The Morgan fingerprint density at radius 3 is 2.57 bits per heavy atom. The topological polar surface area (TPSA) is 86.1 Å². The average molecular weight is 445 g/mol. The van der Waals surface area contributed by atoms with Crippen LogP contribution < -0.4 is 5.32 Å². The molecule has 0 aliphatic carbocycles. The van der Waals surface area contributed by atoms with Gasteiger partial charge in [0.25, 0.3) is 0 Å². The number of benzene rings is 1. The number of methoxy groups -OCH3 is 1. The zero-order valence-electron chi connectivity index (χ0n) is 17.4. The van der Waals surface area contributed by atoms with Crippen LogP contribution in [0.5, 0.6) is 0 Å². The average Bonchev–Trinajstić information content (AvgIpc) is 3.35. The summed E-state index contributed by atoms with van der Waals surface area (Å²) in [5.41, 5.74) is 2.55. The smallest absolute Gasteiger partial charge is 0.340 e. The van der Waals surface area contributed by atoms with E-state index in [0.717, 1.165) is 22.7 Å². The predicted molar refractivity (Wildman–Crippen MR) is 120 cm³/mol. The molecule has 9 heteroatoms. The summed E-state index contributed by atoms with van der Waals surface area (Å²) in [4.78, 5) is 25.5. The quantitative estimate of drug-likeness (QED) is 0.409. The van der Waals surface area contributed by atoms with Gasteiger partial charge >= 0.3 is 5.97 Å². The first kappa shape index (κ1) is 22.0. The lowest BCUT2D eigenvalue weighted by Gasteiger charge is -2.08. The van der Waals surface area contributed by atoms with Crippen LogP contribution in [0.4, 0.5) is 5.00 Å². The van der Waals surface area contributed by atoms with Gasteiger partial charge in [0.2, 0.25) is 5.91 Å². The minimum absolute atomic E-state index is 0.159. The van der Waals surface area contributed by atoms with Gasteiger partial charge in [0.15, 0.2) is 11.0 Å². The molecular formula is C21H24N4O3S2. The van der Waals surface area contributed by atoms with E-state index in [9.17, 15) is 9.59 Å². The molecule has 1 aromatic carbocycles. The number of carbonyl (C=O) groups is 2. The lowest BCUT2D eigenvalue weighted by atomic mass is 10.1. The summed E-state index contributed by atoms with van der Waals surface area (Å²) in [5, 5.41) is 12.6. The van der Waals surface area contributed by atoms with Crippen LogP contribution in [-0.2, 0) is 22.5 Å². The fraction of sp³-hybridized carbons (Fsp3) is 0.333. The molecule has 0 unspecified atom stereocenters. The highest BCUT2D eigenvalue weighted by Crippen LogP contribution is 2.30. The van der Waals surface area contributed by atoms with Crippen molar-refractivity contribution in [2.24, 2.45) is 0 Å². The first-order chi connectivity index (χ1) is 14.5. The van der Waals surface area contributed by atoms with E-state index in [1.54, 1.807) is 6.07 Å². The number of anilines is 1. The fourth-order valence-electron chi connectivity index (χ4n) is 2.86. The third kappa shape index (κ3) is 4.91. The van der Waals surface area contributed by atoms with E-state index >= 15 is 0 Å². The van der Waals surface area contributed by atoms with Crippen molar-refractivity contribution < 1.29 is 14.3 Å².